The molecule has 3 heterocycles. The monoisotopic (exact) mass is 589 g/mol. The van der Waals surface area contributed by atoms with Gasteiger partial charge in [-0.25, -0.2) is 4.98 Å². The molecule has 43 heavy (non-hydrogen) atoms. The minimum Gasteiger partial charge on any atom is -0.382 e. The highest BCUT2D eigenvalue weighted by Gasteiger charge is 2.30. The van der Waals surface area contributed by atoms with E-state index in [1.165, 1.54) is 17.0 Å². The Kier molecular flexibility index (Phi) is 9.16. The molecule has 0 spiro atoms. The highest BCUT2D eigenvalue weighted by Crippen LogP contribution is 2.32. The fourth-order valence-electron chi connectivity index (χ4n) is 5.37. The second kappa shape index (κ2) is 13.2. The van der Waals surface area contributed by atoms with Crippen LogP contribution in [-0.4, -0.2) is 64.2 Å². The molecule has 224 valence electrons. The average Bonchev–Trinajstić information content (AvgIpc) is 3.33. The fourth-order valence-corrected chi connectivity index (χ4v) is 5.37. The predicted octanol–water partition coefficient (Wildman–Crippen LogP) is 5.99. The summed E-state index contributed by atoms with van der Waals surface area (Å²) in [6, 6.07) is 14.7. The Balaban J connectivity index is 1.27. The van der Waals surface area contributed by atoms with E-state index in [4.69, 9.17) is 0 Å². The Hall–Kier alpha value is -4.56. The maximum Gasteiger partial charge on any atom is 0.406 e. The summed E-state index contributed by atoms with van der Waals surface area (Å²) >= 11 is 0. The van der Waals surface area contributed by atoms with Crippen molar-refractivity contribution in [2.75, 3.05) is 36.6 Å². The van der Waals surface area contributed by atoms with Crippen LogP contribution in [0, 0.1) is 11.8 Å². The van der Waals surface area contributed by atoms with Gasteiger partial charge in [-0.1, -0.05) is 12.0 Å². The van der Waals surface area contributed by atoms with E-state index in [9.17, 15) is 18.0 Å². The molecule has 1 aliphatic rings. The summed E-state index contributed by atoms with van der Waals surface area (Å²) in [6.07, 6.45) is 4.43. The minimum atomic E-state index is -4.40. The summed E-state index contributed by atoms with van der Waals surface area (Å²) in [5.41, 5.74) is 3.02. The van der Waals surface area contributed by atoms with E-state index in [0.29, 0.717) is 28.6 Å². The van der Waals surface area contributed by atoms with E-state index < -0.39 is 12.7 Å². The number of alkyl halides is 3. The van der Waals surface area contributed by atoms with Crippen molar-refractivity contribution in [2.24, 2.45) is 0 Å². The largest absolute Gasteiger partial charge is 0.406 e. The first-order chi connectivity index (χ1) is 20.7. The quantitative estimate of drug-likeness (QED) is 0.219. The van der Waals surface area contributed by atoms with Gasteiger partial charge >= 0.3 is 6.18 Å². The van der Waals surface area contributed by atoms with Crippen LogP contribution in [0.25, 0.3) is 10.9 Å². The van der Waals surface area contributed by atoms with Crippen molar-refractivity contribution in [2.45, 2.75) is 50.5 Å². The summed E-state index contributed by atoms with van der Waals surface area (Å²) in [4.78, 5) is 22.8. The van der Waals surface area contributed by atoms with Crippen molar-refractivity contribution in [1.82, 2.24) is 19.4 Å². The molecule has 1 aliphatic carbocycles. The number of nitrogens with one attached hydrogen (secondary N) is 3. The van der Waals surface area contributed by atoms with Crippen LogP contribution in [-0.2, 0) is 6.54 Å². The van der Waals surface area contributed by atoms with Crippen LogP contribution >= 0.6 is 0 Å². The SMILES string of the molecule is CN(C)[C@H]1CC[C@@H](Nc2cccc3c2cc(C#CCNc2ccc(C(=O)Nc4cccnc4)nc2)n3CC(F)(F)F)CC1. The number of halogens is 3. The number of anilines is 3. The van der Waals surface area contributed by atoms with Crippen LogP contribution in [0.1, 0.15) is 41.9 Å². The van der Waals surface area contributed by atoms with Gasteiger partial charge in [-0.3, -0.25) is 9.78 Å². The molecule has 3 N–H and O–H groups in total. The summed E-state index contributed by atoms with van der Waals surface area (Å²) in [7, 11) is 4.19. The average molecular weight is 590 g/mol. The molecular weight excluding hydrogens is 555 g/mol. The van der Waals surface area contributed by atoms with Crippen molar-refractivity contribution >= 4 is 33.9 Å². The molecule has 0 aliphatic heterocycles. The van der Waals surface area contributed by atoms with Gasteiger partial charge in [-0.05, 0) is 88.2 Å². The highest BCUT2D eigenvalue weighted by atomic mass is 19.4. The van der Waals surface area contributed by atoms with Gasteiger partial charge in [-0.15, -0.1) is 0 Å². The van der Waals surface area contributed by atoms with Crippen LogP contribution in [0.15, 0.2) is 67.1 Å². The van der Waals surface area contributed by atoms with Gasteiger partial charge in [0.05, 0.1) is 41.5 Å². The second-order valence-corrected chi connectivity index (χ2v) is 10.9. The Morgan fingerprint density at radius 3 is 2.53 bits per heavy atom. The number of fused-ring (bicyclic) bond motifs is 1. The van der Waals surface area contributed by atoms with Gasteiger partial charge in [0.2, 0.25) is 0 Å². The number of amides is 1. The smallest absolute Gasteiger partial charge is 0.382 e. The van der Waals surface area contributed by atoms with Gasteiger partial charge in [0.1, 0.15) is 12.2 Å². The standard InChI is InChI=1S/C32H34F3N7O/c1-41(2)25-13-10-22(11-14-25)39-28-8-3-9-30-27(28)18-26(42(30)21-32(33,34)35)7-5-17-37-23-12-15-29(38-20-23)31(43)40-24-6-4-16-36-19-24/h3-4,6,8-9,12,15-16,18-20,22,25,37,39H,10-11,13-14,17,21H2,1-2H3,(H,40,43)/t22-,25+. The third-order valence-electron chi connectivity index (χ3n) is 7.58. The van der Waals surface area contributed by atoms with Crippen molar-refractivity contribution < 1.29 is 18.0 Å². The number of nitrogens with zero attached hydrogens (tertiary/aromatic N) is 4. The van der Waals surface area contributed by atoms with Crippen LogP contribution in [0.3, 0.4) is 0 Å². The first kappa shape index (κ1) is 29.9. The molecule has 11 heteroatoms. The predicted molar refractivity (Wildman–Crippen MR) is 163 cm³/mol. The number of rotatable bonds is 8. The Morgan fingerprint density at radius 2 is 1.86 bits per heavy atom. The zero-order chi connectivity index (χ0) is 30.4. The third-order valence-corrected chi connectivity index (χ3v) is 7.58. The number of benzene rings is 1. The number of hydrogen-bond donors (Lipinski definition) is 3. The zero-order valence-electron chi connectivity index (χ0n) is 24.1. The van der Waals surface area contributed by atoms with Crippen LogP contribution < -0.4 is 16.0 Å². The molecule has 3 aromatic heterocycles. The van der Waals surface area contributed by atoms with E-state index in [2.05, 4.69) is 56.8 Å². The molecule has 1 aromatic carbocycles. The molecule has 1 fully saturated rings. The molecule has 0 unspecified atom stereocenters. The maximum absolute atomic E-state index is 13.6. The lowest BCUT2D eigenvalue weighted by atomic mass is 9.90. The zero-order valence-corrected chi connectivity index (χ0v) is 24.1. The van der Waals surface area contributed by atoms with Crippen LogP contribution in [0.2, 0.25) is 0 Å². The molecule has 0 atom stereocenters. The van der Waals surface area contributed by atoms with Crippen molar-refractivity contribution in [3.8, 4) is 11.8 Å². The van der Waals surface area contributed by atoms with E-state index in [1.54, 1.807) is 48.7 Å². The normalized spacial score (nSPS) is 16.9. The van der Waals surface area contributed by atoms with Gasteiger partial charge in [-0.2, -0.15) is 13.2 Å². The Labute approximate surface area is 248 Å². The molecule has 0 bridgehead atoms. The molecule has 5 rings (SSSR count). The van der Waals surface area contributed by atoms with E-state index in [1.807, 2.05) is 6.07 Å². The first-order valence-corrected chi connectivity index (χ1v) is 14.2. The third kappa shape index (κ3) is 7.84. The van der Waals surface area contributed by atoms with Crippen molar-refractivity contribution in [1.29, 1.82) is 0 Å². The lowest BCUT2D eigenvalue weighted by molar-refractivity contribution is -0.140. The molecule has 0 saturated heterocycles. The van der Waals surface area contributed by atoms with Crippen molar-refractivity contribution in [3.05, 3.63) is 78.5 Å². The first-order valence-electron chi connectivity index (χ1n) is 14.2. The summed E-state index contributed by atoms with van der Waals surface area (Å²) in [5, 5.41) is 10.1. The van der Waals surface area contributed by atoms with E-state index in [-0.39, 0.29) is 24.2 Å². The number of carbonyl (C=O) groups excluding carboxylic acids is 1. The van der Waals surface area contributed by atoms with Crippen LogP contribution in [0.5, 0.6) is 0 Å². The summed E-state index contributed by atoms with van der Waals surface area (Å²) < 4.78 is 42.0. The van der Waals surface area contributed by atoms with Crippen LogP contribution in [0.4, 0.5) is 30.2 Å². The lowest BCUT2D eigenvalue weighted by Crippen LogP contribution is -2.36. The maximum atomic E-state index is 13.6. The Morgan fingerprint density at radius 1 is 1.05 bits per heavy atom. The van der Waals surface area contributed by atoms with Gasteiger partial charge in [0.15, 0.2) is 0 Å². The number of hydrogen-bond acceptors (Lipinski definition) is 6. The molecule has 0 radical (unpaired) electrons. The second-order valence-electron chi connectivity index (χ2n) is 10.9. The lowest BCUT2D eigenvalue weighted by Gasteiger charge is -2.33. The van der Waals surface area contributed by atoms with Gasteiger partial charge < -0.3 is 25.4 Å². The molecule has 1 amide bonds. The highest BCUT2D eigenvalue weighted by molar-refractivity contribution is 6.02. The number of pyridine rings is 2. The number of aromatic nitrogens is 3. The molecular formula is C32H34F3N7O. The van der Waals surface area contributed by atoms with Gasteiger partial charge in [0.25, 0.3) is 5.91 Å². The van der Waals surface area contributed by atoms with E-state index in [0.717, 1.165) is 36.8 Å². The minimum absolute atomic E-state index is 0.177. The Bertz CT molecular complexity index is 1600. The number of carbonyl (C=O) groups is 1. The fraction of sp³-hybridized carbons (Fsp3) is 0.344. The molecule has 1 saturated carbocycles. The molecule has 8 nitrogen and oxygen atoms in total. The van der Waals surface area contributed by atoms with E-state index >= 15 is 0 Å². The molecule has 4 aromatic rings. The van der Waals surface area contributed by atoms with Crippen molar-refractivity contribution in [3.63, 3.8) is 0 Å². The summed E-state index contributed by atoms with van der Waals surface area (Å²) in [5.74, 6) is 5.49. The summed E-state index contributed by atoms with van der Waals surface area (Å²) in [6.45, 7) is -0.950. The topological polar surface area (TPSA) is 87.1 Å². The van der Waals surface area contributed by atoms with Gasteiger partial charge in [0, 0.05) is 29.4 Å².